The molecule has 0 fully saturated rings. The lowest BCUT2D eigenvalue weighted by molar-refractivity contribution is 0.460. The number of imidazole rings is 1. The first kappa shape index (κ1) is 20.2. The van der Waals surface area contributed by atoms with Gasteiger partial charge in [0, 0.05) is 6.20 Å². The highest BCUT2D eigenvalue weighted by Crippen LogP contribution is 2.27. The maximum Gasteiger partial charge on any atom is 0.269 e. The number of H-pyrrole nitrogens is 1. The molecule has 0 aliphatic heterocycles. The standard InChI is InChI=1S/C26H19N5O2/c1-16-7-5-9-19(13-16)33-25-20(26(32)31-12-6-8-17(2)24(31)30-25)14-18(15-27)23-28-21-10-3-4-11-22(21)29-23/h3-14H,1-2H3,(H,28,29)/b18-14+. The average molecular weight is 433 g/mol. The minimum Gasteiger partial charge on any atom is -0.438 e. The van der Waals surface area contributed by atoms with Gasteiger partial charge in [0.1, 0.15) is 28.9 Å². The molecule has 33 heavy (non-hydrogen) atoms. The third-order valence-corrected chi connectivity index (χ3v) is 5.31. The number of nitrogens with one attached hydrogen (secondary N) is 1. The van der Waals surface area contributed by atoms with Crippen LogP contribution in [0.1, 0.15) is 22.5 Å². The van der Waals surface area contributed by atoms with Gasteiger partial charge < -0.3 is 9.72 Å². The molecule has 3 aromatic heterocycles. The van der Waals surface area contributed by atoms with Gasteiger partial charge in [0.25, 0.3) is 5.56 Å². The van der Waals surface area contributed by atoms with Crippen LogP contribution in [0.4, 0.5) is 0 Å². The number of pyridine rings is 1. The molecule has 0 saturated heterocycles. The number of benzene rings is 2. The van der Waals surface area contributed by atoms with E-state index in [-0.39, 0.29) is 22.6 Å². The van der Waals surface area contributed by atoms with Crippen LogP contribution in [-0.4, -0.2) is 19.4 Å². The number of aromatic nitrogens is 4. The topological polar surface area (TPSA) is 96.1 Å². The summed E-state index contributed by atoms with van der Waals surface area (Å²) in [5.74, 6) is 1.05. The zero-order valence-electron chi connectivity index (χ0n) is 18.0. The molecule has 5 rings (SSSR count). The van der Waals surface area contributed by atoms with Crippen molar-refractivity contribution in [2.24, 2.45) is 0 Å². The second-order valence-electron chi connectivity index (χ2n) is 7.71. The molecule has 7 nitrogen and oxygen atoms in total. The first-order valence-electron chi connectivity index (χ1n) is 10.4. The predicted molar refractivity (Wildman–Crippen MR) is 127 cm³/mol. The lowest BCUT2D eigenvalue weighted by Crippen LogP contribution is -2.19. The molecule has 0 spiro atoms. The molecular formula is C26H19N5O2. The largest absolute Gasteiger partial charge is 0.438 e. The summed E-state index contributed by atoms with van der Waals surface area (Å²) in [6.45, 7) is 3.83. The fraction of sp³-hybridized carbons (Fsp3) is 0.0769. The second-order valence-corrected chi connectivity index (χ2v) is 7.71. The van der Waals surface area contributed by atoms with Crippen molar-refractivity contribution in [1.82, 2.24) is 19.4 Å². The van der Waals surface area contributed by atoms with Gasteiger partial charge in [-0.25, -0.2) is 4.98 Å². The van der Waals surface area contributed by atoms with E-state index in [4.69, 9.17) is 4.74 Å². The molecule has 7 heteroatoms. The summed E-state index contributed by atoms with van der Waals surface area (Å²) in [6.07, 6.45) is 3.13. The van der Waals surface area contributed by atoms with Gasteiger partial charge in [-0.3, -0.25) is 9.20 Å². The van der Waals surface area contributed by atoms with Gasteiger partial charge in [-0.1, -0.05) is 30.3 Å². The second kappa shape index (κ2) is 8.09. The Bertz CT molecular complexity index is 1620. The van der Waals surface area contributed by atoms with Gasteiger partial charge in [-0.05, 0) is 61.4 Å². The van der Waals surface area contributed by atoms with Crippen LogP contribution in [0.5, 0.6) is 11.6 Å². The first-order valence-corrected chi connectivity index (χ1v) is 10.4. The molecule has 0 radical (unpaired) electrons. The number of hydrogen-bond donors (Lipinski definition) is 1. The number of nitriles is 1. The van der Waals surface area contributed by atoms with Gasteiger partial charge in [0.05, 0.1) is 16.6 Å². The monoisotopic (exact) mass is 433 g/mol. The van der Waals surface area contributed by atoms with Crippen LogP contribution in [0.3, 0.4) is 0 Å². The summed E-state index contributed by atoms with van der Waals surface area (Å²) in [5.41, 5.74) is 3.89. The Kier molecular flexibility index (Phi) is 4.96. The summed E-state index contributed by atoms with van der Waals surface area (Å²) < 4.78 is 7.52. The Morgan fingerprint density at radius 1 is 1.09 bits per heavy atom. The molecule has 160 valence electrons. The van der Waals surface area contributed by atoms with Crippen molar-refractivity contribution in [2.45, 2.75) is 13.8 Å². The van der Waals surface area contributed by atoms with Gasteiger partial charge >= 0.3 is 0 Å². The lowest BCUT2D eigenvalue weighted by atomic mass is 10.1. The lowest BCUT2D eigenvalue weighted by Gasteiger charge is -2.11. The molecule has 0 amide bonds. The van der Waals surface area contributed by atoms with Crippen LogP contribution >= 0.6 is 0 Å². The maximum atomic E-state index is 13.5. The molecule has 1 N–H and O–H groups in total. The molecular weight excluding hydrogens is 414 g/mol. The zero-order chi connectivity index (χ0) is 22.9. The van der Waals surface area contributed by atoms with Gasteiger partial charge in [0.15, 0.2) is 0 Å². The summed E-state index contributed by atoms with van der Waals surface area (Å²) in [6, 6.07) is 20.8. The highest BCUT2D eigenvalue weighted by molar-refractivity contribution is 5.91. The third kappa shape index (κ3) is 3.75. The van der Waals surface area contributed by atoms with E-state index in [0.29, 0.717) is 17.2 Å². The minimum absolute atomic E-state index is 0.128. The maximum absolute atomic E-state index is 13.5. The predicted octanol–water partition coefficient (Wildman–Crippen LogP) is 5.04. The van der Waals surface area contributed by atoms with E-state index in [9.17, 15) is 10.1 Å². The highest BCUT2D eigenvalue weighted by Gasteiger charge is 2.17. The van der Waals surface area contributed by atoms with Crippen molar-refractivity contribution in [2.75, 3.05) is 0 Å². The zero-order valence-corrected chi connectivity index (χ0v) is 18.0. The smallest absolute Gasteiger partial charge is 0.269 e. The summed E-state index contributed by atoms with van der Waals surface area (Å²) >= 11 is 0. The summed E-state index contributed by atoms with van der Waals surface area (Å²) in [7, 11) is 0. The van der Waals surface area contributed by atoms with Gasteiger partial charge in [0.2, 0.25) is 5.88 Å². The number of aromatic amines is 1. The van der Waals surface area contributed by atoms with E-state index in [0.717, 1.165) is 22.2 Å². The van der Waals surface area contributed by atoms with Gasteiger partial charge in [-0.15, -0.1) is 0 Å². The molecule has 5 aromatic rings. The quantitative estimate of drug-likeness (QED) is 0.400. The number of ether oxygens (including phenoxy) is 1. The van der Waals surface area contributed by atoms with E-state index in [1.165, 1.54) is 10.5 Å². The van der Waals surface area contributed by atoms with E-state index in [1.807, 2.05) is 62.4 Å². The van der Waals surface area contributed by atoms with Crippen molar-refractivity contribution in [3.8, 4) is 17.7 Å². The summed E-state index contributed by atoms with van der Waals surface area (Å²) in [4.78, 5) is 25.7. The molecule has 0 unspecified atom stereocenters. The fourth-order valence-corrected chi connectivity index (χ4v) is 3.66. The van der Waals surface area contributed by atoms with E-state index in [1.54, 1.807) is 18.3 Å². The van der Waals surface area contributed by atoms with Crippen molar-refractivity contribution >= 4 is 28.3 Å². The van der Waals surface area contributed by atoms with Crippen molar-refractivity contribution < 1.29 is 4.74 Å². The number of hydrogen-bond acceptors (Lipinski definition) is 5. The Morgan fingerprint density at radius 2 is 1.94 bits per heavy atom. The third-order valence-electron chi connectivity index (χ3n) is 5.31. The van der Waals surface area contributed by atoms with Crippen molar-refractivity contribution in [3.63, 3.8) is 0 Å². The molecule has 0 saturated carbocycles. The van der Waals surface area contributed by atoms with E-state index < -0.39 is 0 Å². The van der Waals surface area contributed by atoms with Crippen LogP contribution in [0.2, 0.25) is 0 Å². The molecule has 0 atom stereocenters. The number of aryl methyl sites for hydroxylation is 2. The number of rotatable bonds is 4. The van der Waals surface area contributed by atoms with Crippen molar-refractivity contribution in [3.05, 3.63) is 99.7 Å². The number of para-hydroxylation sites is 2. The number of fused-ring (bicyclic) bond motifs is 2. The Balaban J connectivity index is 1.73. The number of nitrogens with zero attached hydrogens (tertiary/aromatic N) is 4. The average Bonchev–Trinajstić information content (AvgIpc) is 3.24. The Morgan fingerprint density at radius 3 is 2.73 bits per heavy atom. The number of allylic oxidation sites excluding steroid dienone is 1. The SMILES string of the molecule is Cc1cccc(Oc2nc3c(C)cccn3c(=O)c2/C=C(\C#N)c2nc3ccccc3[nH]2)c1. The van der Waals surface area contributed by atoms with Crippen LogP contribution in [-0.2, 0) is 0 Å². The first-order chi connectivity index (χ1) is 16.0. The Labute approximate surface area is 189 Å². The minimum atomic E-state index is -0.338. The fourth-order valence-electron chi connectivity index (χ4n) is 3.66. The van der Waals surface area contributed by atoms with E-state index >= 15 is 0 Å². The van der Waals surface area contributed by atoms with Crippen LogP contribution in [0, 0.1) is 25.2 Å². The van der Waals surface area contributed by atoms with E-state index in [2.05, 4.69) is 21.0 Å². The molecule has 0 aliphatic carbocycles. The van der Waals surface area contributed by atoms with Crippen LogP contribution in [0.15, 0.2) is 71.7 Å². The van der Waals surface area contributed by atoms with Gasteiger partial charge in [-0.2, -0.15) is 10.2 Å². The Hall–Kier alpha value is -4.70. The van der Waals surface area contributed by atoms with Crippen LogP contribution in [0.25, 0.3) is 28.3 Å². The molecule has 3 heterocycles. The van der Waals surface area contributed by atoms with Crippen LogP contribution < -0.4 is 10.3 Å². The van der Waals surface area contributed by atoms with Crippen molar-refractivity contribution in [1.29, 1.82) is 5.26 Å². The molecule has 0 aliphatic rings. The highest BCUT2D eigenvalue weighted by atomic mass is 16.5. The summed E-state index contributed by atoms with van der Waals surface area (Å²) in [5, 5.41) is 9.88. The normalized spacial score (nSPS) is 11.6. The molecule has 0 bridgehead atoms. The molecule has 2 aromatic carbocycles.